The summed E-state index contributed by atoms with van der Waals surface area (Å²) in [5.41, 5.74) is 0. The number of aliphatic hydroxyl groups is 1. The second-order valence-electron chi connectivity index (χ2n) is 2.41. The van der Waals surface area contributed by atoms with E-state index in [1.807, 2.05) is 12.2 Å². The Balaban J connectivity index is 2.66. The topological polar surface area (TPSA) is 20.2 Å². The molecule has 0 aromatic heterocycles. The van der Waals surface area contributed by atoms with Crippen molar-refractivity contribution in [2.24, 2.45) is 0 Å². The van der Waals surface area contributed by atoms with Gasteiger partial charge in [0.15, 0.2) is 0 Å². The molecular weight excluding hydrogens is 236 g/mol. The molecule has 0 spiro atoms. The quantitative estimate of drug-likeness (QED) is 0.522. The van der Waals surface area contributed by atoms with E-state index in [0.717, 1.165) is 9.81 Å². The summed E-state index contributed by atoms with van der Waals surface area (Å²) in [6.45, 7) is 3.36. The van der Waals surface area contributed by atoms with Gasteiger partial charge in [0.1, 0.15) is 6.61 Å². The normalized spacial score (nSPS) is 12.6. The minimum absolute atomic E-state index is 0.115. The molecule has 1 N–H and O–H groups in total. The lowest BCUT2D eigenvalue weighted by Crippen LogP contribution is -1.79. The first-order valence-electron chi connectivity index (χ1n) is 4.35. The zero-order valence-corrected chi connectivity index (χ0v) is 10.0. The van der Waals surface area contributed by atoms with Crippen LogP contribution in [0.1, 0.15) is 0 Å². The molecule has 78 valence electrons. The van der Waals surface area contributed by atoms with Crippen LogP contribution in [0.2, 0.25) is 0 Å². The number of aliphatic hydroxyl groups excluding tert-OH is 1. The van der Waals surface area contributed by atoms with E-state index in [1.165, 1.54) is 27.7 Å². The van der Waals surface area contributed by atoms with Crippen molar-refractivity contribution in [1.82, 2.24) is 0 Å². The highest BCUT2D eigenvalue weighted by Crippen LogP contribution is 2.39. The van der Waals surface area contributed by atoms with Crippen LogP contribution in [0.5, 0.6) is 0 Å². The van der Waals surface area contributed by atoms with Gasteiger partial charge in [-0.15, -0.1) is 0 Å². The summed E-state index contributed by atoms with van der Waals surface area (Å²) in [5.74, 6) is 16.4. The summed E-state index contributed by atoms with van der Waals surface area (Å²) in [6.07, 6.45) is 5.29. The third-order valence-electron chi connectivity index (χ3n) is 1.32. The standard InChI is InChI=1S/C13H8OS2/c1-2-3-4-5-7-12-9-10-13(16-15-12)8-6-11-14/h2,9-10,14H,1,11H2. The molecule has 1 heterocycles. The minimum atomic E-state index is -0.115. The average molecular weight is 244 g/mol. The van der Waals surface area contributed by atoms with Gasteiger partial charge in [-0.05, 0) is 57.6 Å². The molecule has 1 aliphatic heterocycles. The van der Waals surface area contributed by atoms with E-state index in [2.05, 4.69) is 42.1 Å². The monoisotopic (exact) mass is 244 g/mol. The first kappa shape index (κ1) is 12.6. The number of rotatable bonds is 0. The maximum absolute atomic E-state index is 8.54. The molecule has 0 unspecified atom stereocenters. The van der Waals surface area contributed by atoms with E-state index in [9.17, 15) is 0 Å². The van der Waals surface area contributed by atoms with Crippen LogP contribution in [0.15, 0.2) is 34.6 Å². The van der Waals surface area contributed by atoms with Gasteiger partial charge >= 0.3 is 0 Å². The van der Waals surface area contributed by atoms with Crippen molar-refractivity contribution >= 4 is 21.6 Å². The lowest BCUT2D eigenvalue weighted by molar-refractivity contribution is 0.350. The third kappa shape index (κ3) is 4.87. The van der Waals surface area contributed by atoms with Crippen molar-refractivity contribution in [3.05, 3.63) is 34.6 Å². The zero-order chi connectivity index (χ0) is 11.6. The van der Waals surface area contributed by atoms with Crippen LogP contribution in [0.4, 0.5) is 0 Å². The van der Waals surface area contributed by atoms with Gasteiger partial charge < -0.3 is 5.11 Å². The Bertz CT molecular complexity index is 507. The van der Waals surface area contributed by atoms with Crippen LogP contribution in [0, 0.1) is 35.5 Å². The average Bonchev–Trinajstić information content (AvgIpc) is 2.33. The maximum Gasteiger partial charge on any atom is 0.104 e. The molecule has 0 radical (unpaired) electrons. The Morgan fingerprint density at radius 3 is 2.44 bits per heavy atom. The highest BCUT2D eigenvalue weighted by molar-refractivity contribution is 8.79. The largest absolute Gasteiger partial charge is 0.384 e. The molecule has 0 bridgehead atoms. The van der Waals surface area contributed by atoms with Gasteiger partial charge in [0, 0.05) is 0 Å². The van der Waals surface area contributed by atoms with Crippen molar-refractivity contribution < 1.29 is 5.11 Å². The molecule has 0 atom stereocenters. The predicted molar refractivity (Wildman–Crippen MR) is 72.0 cm³/mol. The van der Waals surface area contributed by atoms with Gasteiger partial charge in [-0.2, -0.15) is 0 Å². The summed E-state index contributed by atoms with van der Waals surface area (Å²) < 4.78 is 0. The second-order valence-corrected chi connectivity index (χ2v) is 4.62. The highest BCUT2D eigenvalue weighted by atomic mass is 33.1. The van der Waals surface area contributed by atoms with E-state index in [-0.39, 0.29) is 6.61 Å². The summed E-state index contributed by atoms with van der Waals surface area (Å²) in [6, 6.07) is 0. The molecule has 0 aliphatic carbocycles. The number of hydrogen-bond donors (Lipinski definition) is 1. The predicted octanol–water partition coefficient (Wildman–Crippen LogP) is 2.34. The van der Waals surface area contributed by atoms with Crippen molar-refractivity contribution in [2.45, 2.75) is 0 Å². The number of hydrogen-bond acceptors (Lipinski definition) is 3. The fourth-order valence-electron chi connectivity index (χ4n) is 0.728. The fourth-order valence-corrected chi connectivity index (χ4v) is 2.48. The lowest BCUT2D eigenvalue weighted by Gasteiger charge is -2.03. The Hall–Kier alpha value is -1.44. The molecule has 0 fully saturated rings. The lowest BCUT2D eigenvalue weighted by atomic mass is 10.4. The number of allylic oxidation sites excluding steroid dienone is 5. The SMILES string of the molecule is C=CC#CC#CC1=CC=C(C#CCO)SS1. The van der Waals surface area contributed by atoms with Crippen molar-refractivity contribution in [3.8, 4) is 35.5 Å². The van der Waals surface area contributed by atoms with Gasteiger partial charge in [0.05, 0.1) is 9.81 Å². The minimum Gasteiger partial charge on any atom is -0.384 e. The molecule has 16 heavy (non-hydrogen) atoms. The summed E-state index contributed by atoms with van der Waals surface area (Å²) in [7, 11) is 3.07. The van der Waals surface area contributed by atoms with Crippen molar-refractivity contribution in [1.29, 1.82) is 0 Å². The van der Waals surface area contributed by atoms with Crippen LogP contribution < -0.4 is 0 Å². The molecule has 0 saturated carbocycles. The third-order valence-corrected chi connectivity index (χ3v) is 3.57. The van der Waals surface area contributed by atoms with Gasteiger partial charge in [0.2, 0.25) is 0 Å². The van der Waals surface area contributed by atoms with E-state index in [1.54, 1.807) is 0 Å². The van der Waals surface area contributed by atoms with E-state index in [4.69, 9.17) is 5.11 Å². The Kier molecular flexibility index (Phi) is 6.16. The Morgan fingerprint density at radius 2 is 1.88 bits per heavy atom. The molecular formula is C13H8OS2. The van der Waals surface area contributed by atoms with Crippen LogP contribution in [-0.4, -0.2) is 11.7 Å². The molecule has 1 rings (SSSR count). The van der Waals surface area contributed by atoms with Crippen molar-refractivity contribution in [3.63, 3.8) is 0 Å². The molecule has 1 nitrogen and oxygen atoms in total. The fraction of sp³-hybridized carbons (Fsp3) is 0.0769. The van der Waals surface area contributed by atoms with Crippen LogP contribution in [-0.2, 0) is 0 Å². The maximum atomic E-state index is 8.54. The van der Waals surface area contributed by atoms with E-state index in [0.29, 0.717) is 0 Å². The van der Waals surface area contributed by atoms with Crippen LogP contribution >= 0.6 is 21.6 Å². The second kappa shape index (κ2) is 7.80. The summed E-state index contributed by atoms with van der Waals surface area (Å²) in [5, 5.41) is 8.54. The van der Waals surface area contributed by atoms with E-state index >= 15 is 0 Å². The van der Waals surface area contributed by atoms with Gasteiger partial charge in [-0.3, -0.25) is 0 Å². The summed E-state index contributed by atoms with van der Waals surface area (Å²) in [4.78, 5) is 1.86. The molecule has 0 aromatic rings. The highest BCUT2D eigenvalue weighted by Gasteiger charge is 2.03. The molecule has 0 amide bonds. The van der Waals surface area contributed by atoms with Gasteiger partial charge in [0.25, 0.3) is 0 Å². The molecule has 3 heteroatoms. The first-order chi connectivity index (χ1) is 7.86. The summed E-state index contributed by atoms with van der Waals surface area (Å²) >= 11 is 0. The molecule has 0 aromatic carbocycles. The first-order valence-corrected chi connectivity index (χ1v) is 6.50. The van der Waals surface area contributed by atoms with Crippen LogP contribution in [0.25, 0.3) is 0 Å². The Morgan fingerprint density at radius 1 is 1.19 bits per heavy atom. The molecule has 1 aliphatic rings. The van der Waals surface area contributed by atoms with Crippen LogP contribution in [0.3, 0.4) is 0 Å². The molecule has 0 saturated heterocycles. The van der Waals surface area contributed by atoms with Crippen molar-refractivity contribution in [2.75, 3.05) is 6.61 Å². The Labute approximate surface area is 103 Å². The zero-order valence-electron chi connectivity index (χ0n) is 8.41. The van der Waals surface area contributed by atoms with Gasteiger partial charge in [-0.25, -0.2) is 0 Å². The smallest absolute Gasteiger partial charge is 0.104 e. The van der Waals surface area contributed by atoms with Gasteiger partial charge in [-0.1, -0.05) is 24.3 Å². The van der Waals surface area contributed by atoms with E-state index < -0.39 is 0 Å².